The molecule has 3 rings (SSSR count). The molecular formula is C21H19NO3. The van der Waals surface area contributed by atoms with Crippen molar-refractivity contribution in [1.29, 1.82) is 0 Å². The first-order chi connectivity index (χ1) is 12.1. The average molecular weight is 333 g/mol. The Labute approximate surface area is 146 Å². The van der Waals surface area contributed by atoms with Crippen molar-refractivity contribution in [1.82, 2.24) is 5.32 Å². The molecule has 0 unspecified atom stereocenters. The fourth-order valence-corrected chi connectivity index (χ4v) is 2.78. The van der Waals surface area contributed by atoms with E-state index in [-0.39, 0.29) is 18.6 Å². The molecule has 1 atom stereocenters. The van der Waals surface area contributed by atoms with E-state index in [0.29, 0.717) is 5.56 Å². The molecule has 0 aliphatic carbocycles. The highest BCUT2D eigenvalue weighted by atomic mass is 16.5. The summed E-state index contributed by atoms with van der Waals surface area (Å²) in [7, 11) is 0. The molecule has 4 nitrogen and oxygen atoms in total. The zero-order valence-electron chi connectivity index (χ0n) is 13.9. The Morgan fingerprint density at radius 3 is 2.40 bits per heavy atom. The smallest absolute Gasteiger partial charge is 0.338 e. The monoisotopic (exact) mass is 333 g/mol. The lowest BCUT2D eigenvalue weighted by atomic mass is 10.00. The second-order valence-electron chi connectivity index (χ2n) is 5.80. The normalized spacial score (nSPS) is 11.7. The van der Waals surface area contributed by atoms with E-state index >= 15 is 0 Å². The van der Waals surface area contributed by atoms with Crippen LogP contribution in [-0.2, 0) is 9.53 Å². The number of ether oxygens (including phenoxy) is 1. The van der Waals surface area contributed by atoms with Crippen LogP contribution in [-0.4, -0.2) is 18.5 Å². The number of rotatable bonds is 5. The molecule has 3 aromatic rings. The second-order valence-corrected chi connectivity index (χ2v) is 5.80. The van der Waals surface area contributed by atoms with Crippen LogP contribution in [0.5, 0.6) is 0 Å². The van der Waals surface area contributed by atoms with E-state index in [1.54, 1.807) is 24.3 Å². The summed E-state index contributed by atoms with van der Waals surface area (Å²) in [6, 6.07) is 22.5. The Hall–Kier alpha value is -3.14. The van der Waals surface area contributed by atoms with Gasteiger partial charge in [-0.05, 0) is 35.4 Å². The minimum absolute atomic E-state index is 0.186. The number of esters is 1. The summed E-state index contributed by atoms with van der Waals surface area (Å²) in [5.74, 6) is -0.835. The van der Waals surface area contributed by atoms with Crippen LogP contribution in [0.1, 0.15) is 28.9 Å². The molecule has 1 amide bonds. The van der Waals surface area contributed by atoms with Crippen molar-refractivity contribution in [3.63, 3.8) is 0 Å². The molecule has 0 heterocycles. The van der Waals surface area contributed by atoms with Gasteiger partial charge in [0.1, 0.15) is 0 Å². The fourth-order valence-electron chi connectivity index (χ4n) is 2.78. The molecule has 0 saturated heterocycles. The molecule has 25 heavy (non-hydrogen) atoms. The van der Waals surface area contributed by atoms with Crippen molar-refractivity contribution in [3.8, 4) is 0 Å². The molecule has 0 aromatic heterocycles. The van der Waals surface area contributed by atoms with Crippen LogP contribution in [0.4, 0.5) is 0 Å². The standard InChI is InChI=1S/C21H19NO3/c1-15(18-13-7-11-16-8-5-6-12-19(16)18)22-20(23)14-25-21(24)17-9-3-2-4-10-17/h2-13,15H,14H2,1H3,(H,22,23)/t15-/m0/s1. The molecule has 0 bridgehead atoms. The number of carbonyl (C=O) groups excluding carboxylic acids is 2. The van der Waals surface area contributed by atoms with Gasteiger partial charge in [0.05, 0.1) is 11.6 Å². The SMILES string of the molecule is C[C@H](NC(=O)COC(=O)c1ccccc1)c1cccc2ccccc12. The van der Waals surface area contributed by atoms with E-state index < -0.39 is 5.97 Å². The molecule has 4 heteroatoms. The second kappa shape index (κ2) is 7.62. The highest BCUT2D eigenvalue weighted by Crippen LogP contribution is 2.23. The van der Waals surface area contributed by atoms with Crippen molar-refractivity contribution >= 4 is 22.6 Å². The topological polar surface area (TPSA) is 55.4 Å². The Morgan fingerprint density at radius 1 is 0.920 bits per heavy atom. The van der Waals surface area contributed by atoms with Crippen LogP contribution in [0.25, 0.3) is 10.8 Å². The fraction of sp³-hybridized carbons (Fsp3) is 0.143. The maximum absolute atomic E-state index is 12.1. The first kappa shape index (κ1) is 16.7. The Morgan fingerprint density at radius 2 is 1.60 bits per heavy atom. The average Bonchev–Trinajstić information content (AvgIpc) is 2.66. The van der Waals surface area contributed by atoms with Crippen LogP contribution in [0.3, 0.4) is 0 Å². The summed E-state index contributed by atoms with van der Waals surface area (Å²) in [6.45, 7) is 1.61. The predicted octanol–water partition coefficient (Wildman–Crippen LogP) is 3.87. The van der Waals surface area contributed by atoms with Gasteiger partial charge in [0.25, 0.3) is 5.91 Å². The third-order valence-corrected chi connectivity index (χ3v) is 4.01. The molecule has 0 aliphatic rings. The molecule has 126 valence electrons. The lowest BCUT2D eigenvalue weighted by Gasteiger charge is -2.16. The van der Waals surface area contributed by atoms with E-state index in [1.165, 1.54) is 0 Å². The Balaban J connectivity index is 1.61. The number of hydrogen-bond donors (Lipinski definition) is 1. The summed E-state index contributed by atoms with van der Waals surface area (Å²) in [5, 5.41) is 5.10. The molecular weight excluding hydrogens is 314 g/mol. The zero-order valence-corrected chi connectivity index (χ0v) is 13.9. The molecule has 0 fully saturated rings. The van der Waals surface area contributed by atoms with Gasteiger partial charge in [-0.3, -0.25) is 4.79 Å². The molecule has 0 spiro atoms. The van der Waals surface area contributed by atoms with Crippen molar-refractivity contribution in [3.05, 3.63) is 83.9 Å². The number of benzene rings is 3. The summed E-state index contributed by atoms with van der Waals surface area (Å²) < 4.78 is 5.06. The zero-order chi connectivity index (χ0) is 17.6. The Bertz CT molecular complexity index is 885. The van der Waals surface area contributed by atoms with Gasteiger partial charge in [-0.1, -0.05) is 60.7 Å². The van der Waals surface area contributed by atoms with Gasteiger partial charge in [0.15, 0.2) is 6.61 Å². The number of carbonyl (C=O) groups is 2. The highest BCUT2D eigenvalue weighted by molar-refractivity contribution is 5.91. The summed E-state index contributed by atoms with van der Waals surface area (Å²) >= 11 is 0. The molecule has 0 saturated carbocycles. The number of amides is 1. The van der Waals surface area contributed by atoms with Gasteiger partial charge >= 0.3 is 5.97 Å². The van der Waals surface area contributed by atoms with Gasteiger partial charge in [0, 0.05) is 0 Å². The van der Waals surface area contributed by atoms with Crippen LogP contribution >= 0.6 is 0 Å². The van der Waals surface area contributed by atoms with Crippen LogP contribution in [0.15, 0.2) is 72.8 Å². The summed E-state index contributed by atoms with van der Waals surface area (Å²) in [5.41, 5.74) is 1.46. The van der Waals surface area contributed by atoms with Crippen molar-refractivity contribution in [2.24, 2.45) is 0 Å². The van der Waals surface area contributed by atoms with E-state index in [0.717, 1.165) is 16.3 Å². The number of nitrogens with one attached hydrogen (secondary N) is 1. The van der Waals surface area contributed by atoms with E-state index in [2.05, 4.69) is 5.32 Å². The number of hydrogen-bond acceptors (Lipinski definition) is 3. The first-order valence-corrected chi connectivity index (χ1v) is 8.14. The van der Waals surface area contributed by atoms with Gasteiger partial charge in [-0.2, -0.15) is 0 Å². The first-order valence-electron chi connectivity index (χ1n) is 8.14. The van der Waals surface area contributed by atoms with Crippen LogP contribution < -0.4 is 5.32 Å². The Kier molecular flexibility index (Phi) is 5.09. The minimum atomic E-state index is -0.506. The number of fused-ring (bicyclic) bond motifs is 1. The summed E-state index contributed by atoms with van der Waals surface area (Å²) in [4.78, 5) is 24.0. The van der Waals surface area contributed by atoms with Gasteiger partial charge < -0.3 is 10.1 Å². The van der Waals surface area contributed by atoms with Crippen molar-refractivity contribution < 1.29 is 14.3 Å². The van der Waals surface area contributed by atoms with E-state index in [4.69, 9.17) is 4.74 Å². The van der Waals surface area contributed by atoms with Gasteiger partial charge in [-0.25, -0.2) is 4.79 Å². The van der Waals surface area contributed by atoms with Crippen molar-refractivity contribution in [2.75, 3.05) is 6.61 Å². The highest BCUT2D eigenvalue weighted by Gasteiger charge is 2.14. The quantitative estimate of drug-likeness (QED) is 0.721. The lowest BCUT2D eigenvalue weighted by Crippen LogP contribution is -2.31. The third kappa shape index (κ3) is 4.04. The van der Waals surface area contributed by atoms with E-state index in [9.17, 15) is 9.59 Å². The minimum Gasteiger partial charge on any atom is -0.452 e. The third-order valence-electron chi connectivity index (χ3n) is 4.01. The summed E-state index contributed by atoms with van der Waals surface area (Å²) in [6.07, 6.45) is 0. The van der Waals surface area contributed by atoms with Crippen LogP contribution in [0.2, 0.25) is 0 Å². The van der Waals surface area contributed by atoms with Gasteiger partial charge in [-0.15, -0.1) is 0 Å². The lowest BCUT2D eigenvalue weighted by molar-refractivity contribution is -0.124. The van der Waals surface area contributed by atoms with E-state index in [1.807, 2.05) is 55.5 Å². The molecule has 1 N–H and O–H groups in total. The molecule has 3 aromatic carbocycles. The largest absolute Gasteiger partial charge is 0.452 e. The maximum Gasteiger partial charge on any atom is 0.338 e. The molecule has 0 aliphatic heterocycles. The van der Waals surface area contributed by atoms with Crippen molar-refractivity contribution in [2.45, 2.75) is 13.0 Å². The molecule has 0 radical (unpaired) electrons. The van der Waals surface area contributed by atoms with Crippen LogP contribution in [0, 0.1) is 0 Å². The van der Waals surface area contributed by atoms with Gasteiger partial charge in [0.2, 0.25) is 0 Å². The predicted molar refractivity (Wildman–Crippen MR) is 97.2 cm³/mol. The maximum atomic E-state index is 12.1.